The van der Waals surface area contributed by atoms with Crippen molar-refractivity contribution in [3.8, 4) is 0 Å². The molecular formula is C15H16ClFN4. The summed E-state index contributed by atoms with van der Waals surface area (Å²) in [7, 11) is 0. The average Bonchev–Trinajstić information content (AvgIpc) is 2.50. The fourth-order valence-corrected chi connectivity index (χ4v) is 2.55. The van der Waals surface area contributed by atoms with Gasteiger partial charge in [0.2, 0.25) is 5.95 Å². The van der Waals surface area contributed by atoms with E-state index in [9.17, 15) is 4.39 Å². The molecule has 0 aliphatic carbocycles. The second kappa shape index (κ2) is 6.37. The van der Waals surface area contributed by atoms with Gasteiger partial charge in [0.15, 0.2) is 0 Å². The van der Waals surface area contributed by atoms with Crippen LogP contribution in [0.3, 0.4) is 0 Å². The van der Waals surface area contributed by atoms with Crippen molar-refractivity contribution in [1.29, 1.82) is 0 Å². The molecule has 2 aromatic rings. The first-order valence-corrected chi connectivity index (χ1v) is 7.29. The van der Waals surface area contributed by atoms with Gasteiger partial charge in [-0.1, -0.05) is 17.7 Å². The van der Waals surface area contributed by atoms with E-state index in [2.05, 4.69) is 19.8 Å². The highest BCUT2D eigenvalue weighted by Crippen LogP contribution is 2.15. The number of nitrogens with zero attached hydrogens (tertiary/aromatic N) is 4. The predicted octanol–water partition coefficient (Wildman–Crippen LogP) is 2.59. The second-order valence-electron chi connectivity index (χ2n) is 5.05. The van der Waals surface area contributed by atoms with Gasteiger partial charge in [-0.25, -0.2) is 4.98 Å². The topological polar surface area (TPSA) is 32.3 Å². The smallest absolute Gasteiger partial charge is 0.214 e. The molecule has 3 heterocycles. The van der Waals surface area contributed by atoms with Gasteiger partial charge in [0.1, 0.15) is 5.82 Å². The van der Waals surface area contributed by atoms with Gasteiger partial charge in [-0.2, -0.15) is 4.39 Å². The van der Waals surface area contributed by atoms with Gasteiger partial charge in [-0.15, -0.1) is 0 Å². The highest BCUT2D eigenvalue weighted by atomic mass is 35.5. The molecule has 0 N–H and O–H groups in total. The third kappa shape index (κ3) is 3.68. The van der Waals surface area contributed by atoms with E-state index in [0.717, 1.165) is 38.4 Å². The van der Waals surface area contributed by atoms with Crippen molar-refractivity contribution in [2.24, 2.45) is 0 Å². The van der Waals surface area contributed by atoms with Crippen molar-refractivity contribution in [2.45, 2.75) is 6.54 Å². The van der Waals surface area contributed by atoms with Crippen molar-refractivity contribution < 1.29 is 4.39 Å². The zero-order chi connectivity index (χ0) is 14.7. The van der Waals surface area contributed by atoms with E-state index >= 15 is 0 Å². The number of halogens is 2. The zero-order valence-electron chi connectivity index (χ0n) is 11.5. The highest BCUT2D eigenvalue weighted by Gasteiger charge is 2.18. The Hall–Kier alpha value is -1.72. The van der Waals surface area contributed by atoms with Crippen LogP contribution in [0.1, 0.15) is 5.69 Å². The molecule has 0 unspecified atom stereocenters. The second-order valence-corrected chi connectivity index (χ2v) is 5.49. The molecule has 0 saturated carbocycles. The predicted molar refractivity (Wildman–Crippen MR) is 80.9 cm³/mol. The summed E-state index contributed by atoms with van der Waals surface area (Å²) in [6.45, 7) is 4.29. The molecule has 0 atom stereocenters. The number of hydrogen-bond donors (Lipinski definition) is 0. The lowest BCUT2D eigenvalue weighted by atomic mass is 10.2. The van der Waals surface area contributed by atoms with E-state index in [0.29, 0.717) is 10.8 Å². The van der Waals surface area contributed by atoms with Crippen LogP contribution >= 0.6 is 11.6 Å². The summed E-state index contributed by atoms with van der Waals surface area (Å²) in [5.41, 5.74) is 1.01. The molecule has 0 radical (unpaired) electrons. The number of pyridine rings is 2. The highest BCUT2D eigenvalue weighted by molar-refractivity contribution is 6.30. The fraction of sp³-hybridized carbons (Fsp3) is 0.333. The summed E-state index contributed by atoms with van der Waals surface area (Å²) in [5, 5.41) is 0.653. The van der Waals surface area contributed by atoms with Crippen molar-refractivity contribution in [3.63, 3.8) is 0 Å². The minimum atomic E-state index is -0.430. The Morgan fingerprint density at radius 2 is 1.90 bits per heavy atom. The third-order valence-electron chi connectivity index (χ3n) is 3.57. The van der Waals surface area contributed by atoms with Gasteiger partial charge in [0, 0.05) is 38.9 Å². The summed E-state index contributed by atoms with van der Waals surface area (Å²) in [6, 6.07) is 8.72. The normalized spacial score (nSPS) is 16.2. The van der Waals surface area contributed by atoms with E-state index in [4.69, 9.17) is 11.6 Å². The molecule has 1 fully saturated rings. The third-order valence-corrected chi connectivity index (χ3v) is 3.79. The van der Waals surface area contributed by atoms with Crippen molar-refractivity contribution in [1.82, 2.24) is 14.9 Å². The number of hydrogen-bond acceptors (Lipinski definition) is 4. The SMILES string of the molecule is Fc1cccc(N2CCN(Cc3ccc(Cl)cn3)CC2)n1. The summed E-state index contributed by atoms with van der Waals surface area (Å²) in [6.07, 6.45) is 1.67. The summed E-state index contributed by atoms with van der Waals surface area (Å²) >= 11 is 5.83. The quantitative estimate of drug-likeness (QED) is 0.816. The number of piperazine rings is 1. The fourth-order valence-electron chi connectivity index (χ4n) is 2.44. The van der Waals surface area contributed by atoms with Gasteiger partial charge in [0.05, 0.1) is 10.7 Å². The largest absolute Gasteiger partial charge is 0.354 e. The Labute approximate surface area is 128 Å². The Bertz CT molecular complexity index is 597. The summed E-state index contributed by atoms with van der Waals surface area (Å²) in [4.78, 5) is 12.7. The van der Waals surface area contributed by atoms with Crippen LogP contribution in [-0.4, -0.2) is 41.0 Å². The van der Waals surface area contributed by atoms with Crippen LogP contribution in [0.25, 0.3) is 0 Å². The minimum Gasteiger partial charge on any atom is -0.354 e. The molecule has 110 valence electrons. The first kappa shape index (κ1) is 14.2. The lowest BCUT2D eigenvalue weighted by Gasteiger charge is -2.35. The molecule has 1 aliphatic heterocycles. The Morgan fingerprint density at radius 3 is 2.57 bits per heavy atom. The summed E-state index contributed by atoms with van der Waals surface area (Å²) < 4.78 is 13.2. The molecular weight excluding hydrogens is 291 g/mol. The molecule has 0 amide bonds. The van der Waals surface area contributed by atoms with Crippen molar-refractivity contribution >= 4 is 17.4 Å². The van der Waals surface area contributed by atoms with Crippen LogP contribution in [0, 0.1) is 5.95 Å². The lowest BCUT2D eigenvalue weighted by Crippen LogP contribution is -2.46. The van der Waals surface area contributed by atoms with Crippen LogP contribution < -0.4 is 4.90 Å². The molecule has 21 heavy (non-hydrogen) atoms. The maximum atomic E-state index is 13.2. The maximum Gasteiger partial charge on any atom is 0.214 e. The monoisotopic (exact) mass is 306 g/mol. The number of anilines is 1. The van der Waals surface area contributed by atoms with E-state index < -0.39 is 5.95 Å². The molecule has 0 bridgehead atoms. The van der Waals surface area contributed by atoms with Gasteiger partial charge >= 0.3 is 0 Å². The molecule has 1 aliphatic rings. The van der Waals surface area contributed by atoms with E-state index in [-0.39, 0.29) is 0 Å². The molecule has 6 heteroatoms. The molecule has 4 nitrogen and oxygen atoms in total. The Kier molecular flexibility index (Phi) is 4.31. The lowest BCUT2D eigenvalue weighted by molar-refractivity contribution is 0.246. The molecule has 0 spiro atoms. The first-order chi connectivity index (χ1) is 10.2. The van der Waals surface area contributed by atoms with Crippen LogP contribution in [0.15, 0.2) is 36.5 Å². The standard InChI is InChI=1S/C15H16ClFN4/c16-12-4-5-13(18-10-12)11-20-6-8-21(9-7-20)15-3-1-2-14(17)19-15/h1-5,10H,6-9,11H2. The Morgan fingerprint density at radius 1 is 1.10 bits per heavy atom. The van der Waals surface area contributed by atoms with Gasteiger partial charge in [-0.3, -0.25) is 9.88 Å². The van der Waals surface area contributed by atoms with Crippen LogP contribution in [0.4, 0.5) is 10.2 Å². The van der Waals surface area contributed by atoms with Crippen molar-refractivity contribution in [2.75, 3.05) is 31.1 Å². The zero-order valence-corrected chi connectivity index (χ0v) is 12.3. The average molecular weight is 307 g/mol. The minimum absolute atomic E-state index is 0.430. The number of aromatic nitrogens is 2. The van der Waals surface area contributed by atoms with Gasteiger partial charge in [0.25, 0.3) is 0 Å². The molecule has 3 rings (SSSR count). The van der Waals surface area contributed by atoms with Crippen LogP contribution in [0.5, 0.6) is 0 Å². The van der Waals surface area contributed by atoms with E-state index in [1.165, 1.54) is 6.07 Å². The van der Waals surface area contributed by atoms with E-state index in [1.807, 2.05) is 18.2 Å². The molecule has 2 aromatic heterocycles. The van der Waals surface area contributed by atoms with Crippen LogP contribution in [-0.2, 0) is 6.54 Å². The summed E-state index contributed by atoms with van der Waals surface area (Å²) in [5.74, 6) is 0.277. The number of rotatable bonds is 3. The maximum absolute atomic E-state index is 13.2. The van der Waals surface area contributed by atoms with Crippen molar-refractivity contribution in [3.05, 3.63) is 53.2 Å². The van der Waals surface area contributed by atoms with Gasteiger partial charge in [-0.05, 0) is 24.3 Å². The van der Waals surface area contributed by atoms with E-state index in [1.54, 1.807) is 12.3 Å². The van der Waals surface area contributed by atoms with Crippen LogP contribution in [0.2, 0.25) is 5.02 Å². The Balaban J connectivity index is 1.56. The molecule has 1 saturated heterocycles. The first-order valence-electron chi connectivity index (χ1n) is 6.91. The molecule has 0 aromatic carbocycles. The van der Waals surface area contributed by atoms with Gasteiger partial charge < -0.3 is 4.90 Å².